The fraction of sp³-hybridized carbons (Fsp3) is 0.368. The molecule has 134 valence electrons. The lowest BCUT2D eigenvalue weighted by Crippen LogP contribution is -2.37. The van der Waals surface area contributed by atoms with Gasteiger partial charge in [0.15, 0.2) is 5.96 Å². The van der Waals surface area contributed by atoms with E-state index in [0.717, 1.165) is 23.5 Å². The molecule has 0 radical (unpaired) electrons. The molecule has 2 N–H and O–H groups in total. The minimum Gasteiger partial charge on any atom is -0.362 e. The van der Waals surface area contributed by atoms with Crippen LogP contribution in [0, 0.1) is 12.7 Å². The number of halogens is 1. The Kier molecular flexibility index (Phi) is 6.74. The molecule has 1 aromatic heterocycles. The summed E-state index contributed by atoms with van der Waals surface area (Å²) in [6.45, 7) is 5.54. The highest BCUT2D eigenvalue weighted by atomic mass is 19.1. The van der Waals surface area contributed by atoms with Crippen LogP contribution in [0.3, 0.4) is 0 Å². The summed E-state index contributed by atoms with van der Waals surface area (Å²) in [7, 11) is 3.94. The Morgan fingerprint density at radius 2 is 2.04 bits per heavy atom. The van der Waals surface area contributed by atoms with Crippen LogP contribution in [-0.4, -0.2) is 31.6 Å². The Morgan fingerprint density at radius 3 is 2.72 bits per heavy atom. The second-order valence-corrected chi connectivity index (χ2v) is 6.01. The number of rotatable bonds is 6. The van der Waals surface area contributed by atoms with Gasteiger partial charge in [0.25, 0.3) is 0 Å². The second kappa shape index (κ2) is 9.01. The third kappa shape index (κ3) is 5.45. The van der Waals surface area contributed by atoms with Crippen molar-refractivity contribution in [3.05, 3.63) is 59.0 Å². The molecule has 0 fully saturated rings. The number of nitrogens with zero attached hydrogens (tertiary/aromatic N) is 3. The standard InChI is InChI=1S/C19H26FN5/c1-5-21-19(23-12-15-9-8-14(2)17(20)11-15)24-13-16-7-6-10-22-18(16)25(3)4/h6-11H,5,12-13H2,1-4H3,(H2,21,23,24). The highest BCUT2D eigenvalue weighted by Gasteiger charge is 2.06. The van der Waals surface area contributed by atoms with Crippen LogP contribution in [0.2, 0.25) is 0 Å². The van der Waals surface area contributed by atoms with Crippen LogP contribution in [0.4, 0.5) is 10.2 Å². The highest BCUT2D eigenvalue weighted by molar-refractivity contribution is 5.79. The Hall–Kier alpha value is -2.63. The predicted molar refractivity (Wildman–Crippen MR) is 101 cm³/mol. The van der Waals surface area contributed by atoms with E-state index in [1.807, 2.05) is 44.1 Å². The van der Waals surface area contributed by atoms with Gasteiger partial charge in [0.1, 0.15) is 11.6 Å². The molecular weight excluding hydrogens is 317 g/mol. The van der Waals surface area contributed by atoms with Crippen LogP contribution in [0.5, 0.6) is 0 Å². The maximum atomic E-state index is 13.6. The van der Waals surface area contributed by atoms with Gasteiger partial charge in [0.2, 0.25) is 0 Å². The van der Waals surface area contributed by atoms with Gasteiger partial charge in [-0.3, -0.25) is 0 Å². The van der Waals surface area contributed by atoms with E-state index >= 15 is 0 Å². The van der Waals surface area contributed by atoms with Crippen molar-refractivity contribution in [1.29, 1.82) is 0 Å². The minimum atomic E-state index is -0.198. The normalized spacial score (nSPS) is 11.3. The van der Waals surface area contributed by atoms with E-state index in [0.29, 0.717) is 24.6 Å². The summed E-state index contributed by atoms with van der Waals surface area (Å²) in [5.41, 5.74) is 2.57. The molecule has 0 aliphatic heterocycles. The molecule has 0 amide bonds. The number of hydrogen-bond acceptors (Lipinski definition) is 3. The Balaban J connectivity index is 2.06. The molecule has 2 aromatic rings. The fourth-order valence-corrected chi connectivity index (χ4v) is 2.40. The topological polar surface area (TPSA) is 52.6 Å². The van der Waals surface area contributed by atoms with Crippen molar-refractivity contribution in [2.24, 2.45) is 4.99 Å². The third-order valence-electron chi connectivity index (χ3n) is 3.74. The SMILES string of the molecule is CCNC(=NCc1ccc(C)c(F)c1)NCc1cccnc1N(C)C. The first-order valence-corrected chi connectivity index (χ1v) is 8.39. The molecule has 0 atom stereocenters. The third-order valence-corrected chi connectivity index (χ3v) is 3.74. The van der Waals surface area contributed by atoms with Gasteiger partial charge in [0.05, 0.1) is 6.54 Å². The summed E-state index contributed by atoms with van der Waals surface area (Å²) in [5, 5.41) is 6.52. The molecule has 1 heterocycles. The molecule has 0 bridgehead atoms. The molecule has 0 unspecified atom stereocenters. The number of guanidine groups is 1. The van der Waals surface area contributed by atoms with E-state index in [-0.39, 0.29) is 5.82 Å². The number of aromatic nitrogens is 1. The predicted octanol–water partition coefficient (Wildman–Crippen LogP) is 2.85. The average molecular weight is 343 g/mol. The van der Waals surface area contributed by atoms with Gasteiger partial charge in [-0.1, -0.05) is 18.2 Å². The molecule has 0 saturated carbocycles. The number of hydrogen-bond donors (Lipinski definition) is 2. The van der Waals surface area contributed by atoms with Crippen LogP contribution in [0.25, 0.3) is 0 Å². The monoisotopic (exact) mass is 343 g/mol. The molecule has 6 heteroatoms. The molecule has 0 spiro atoms. The summed E-state index contributed by atoms with van der Waals surface area (Å²) < 4.78 is 13.6. The van der Waals surface area contributed by atoms with E-state index in [1.54, 1.807) is 19.2 Å². The van der Waals surface area contributed by atoms with Crippen molar-refractivity contribution < 1.29 is 4.39 Å². The van der Waals surface area contributed by atoms with Crippen molar-refractivity contribution in [2.75, 3.05) is 25.5 Å². The fourth-order valence-electron chi connectivity index (χ4n) is 2.40. The van der Waals surface area contributed by atoms with E-state index in [1.165, 1.54) is 6.07 Å². The van der Waals surface area contributed by atoms with Gasteiger partial charge in [0, 0.05) is 38.9 Å². The maximum Gasteiger partial charge on any atom is 0.191 e. The number of pyridine rings is 1. The van der Waals surface area contributed by atoms with Crippen molar-refractivity contribution >= 4 is 11.8 Å². The van der Waals surface area contributed by atoms with Crippen molar-refractivity contribution in [3.63, 3.8) is 0 Å². The Labute approximate surface area is 149 Å². The van der Waals surface area contributed by atoms with Crippen LogP contribution in [0.1, 0.15) is 23.6 Å². The lowest BCUT2D eigenvalue weighted by Gasteiger charge is -2.17. The maximum absolute atomic E-state index is 13.6. The largest absolute Gasteiger partial charge is 0.362 e. The second-order valence-electron chi connectivity index (χ2n) is 6.01. The zero-order valence-corrected chi connectivity index (χ0v) is 15.3. The summed E-state index contributed by atoms with van der Waals surface area (Å²) in [6.07, 6.45) is 1.78. The van der Waals surface area contributed by atoms with Gasteiger partial charge in [-0.15, -0.1) is 0 Å². The molecule has 0 saturated heterocycles. The van der Waals surface area contributed by atoms with Crippen molar-refractivity contribution in [3.8, 4) is 0 Å². The molecule has 25 heavy (non-hydrogen) atoms. The van der Waals surface area contributed by atoms with E-state index in [9.17, 15) is 4.39 Å². The zero-order valence-electron chi connectivity index (χ0n) is 15.3. The van der Waals surface area contributed by atoms with E-state index in [4.69, 9.17) is 0 Å². The summed E-state index contributed by atoms with van der Waals surface area (Å²) in [4.78, 5) is 10.9. The Bertz CT molecular complexity index is 728. The van der Waals surface area contributed by atoms with E-state index < -0.39 is 0 Å². The smallest absolute Gasteiger partial charge is 0.191 e. The van der Waals surface area contributed by atoms with Crippen LogP contribution in [-0.2, 0) is 13.1 Å². The average Bonchev–Trinajstić information content (AvgIpc) is 2.60. The molecular formula is C19H26FN5. The van der Waals surface area contributed by atoms with Crippen LogP contribution >= 0.6 is 0 Å². The summed E-state index contributed by atoms with van der Waals surface area (Å²) in [5.74, 6) is 1.42. The quantitative estimate of drug-likeness (QED) is 0.626. The number of anilines is 1. The first kappa shape index (κ1) is 18.7. The first-order valence-electron chi connectivity index (χ1n) is 8.39. The first-order chi connectivity index (χ1) is 12.0. The van der Waals surface area contributed by atoms with Gasteiger partial charge in [-0.05, 0) is 37.1 Å². The summed E-state index contributed by atoms with van der Waals surface area (Å²) >= 11 is 0. The van der Waals surface area contributed by atoms with Gasteiger partial charge < -0.3 is 15.5 Å². The van der Waals surface area contributed by atoms with Crippen LogP contribution < -0.4 is 15.5 Å². The number of aryl methyl sites for hydroxylation is 1. The molecule has 2 rings (SSSR count). The molecule has 1 aromatic carbocycles. The number of aliphatic imine (C=N–C) groups is 1. The lowest BCUT2D eigenvalue weighted by molar-refractivity contribution is 0.616. The van der Waals surface area contributed by atoms with Gasteiger partial charge >= 0.3 is 0 Å². The van der Waals surface area contributed by atoms with Gasteiger partial charge in [-0.25, -0.2) is 14.4 Å². The van der Waals surface area contributed by atoms with Gasteiger partial charge in [-0.2, -0.15) is 0 Å². The highest BCUT2D eigenvalue weighted by Crippen LogP contribution is 2.14. The van der Waals surface area contributed by atoms with Crippen molar-refractivity contribution in [2.45, 2.75) is 26.9 Å². The molecule has 0 aliphatic carbocycles. The van der Waals surface area contributed by atoms with Crippen LogP contribution in [0.15, 0.2) is 41.5 Å². The summed E-state index contributed by atoms with van der Waals surface area (Å²) in [6, 6.07) is 9.17. The van der Waals surface area contributed by atoms with E-state index in [2.05, 4.69) is 20.6 Å². The Morgan fingerprint density at radius 1 is 1.24 bits per heavy atom. The number of nitrogens with one attached hydrogen (secondary N) is 2. The minimum absolute atomic E-state index is 0.198. The lowest BCUT2D eigenvalue weighted by atomic mass is 10.1. The molecule has 5 nitrogen and oxygen atoms in total. The van der Waals surface area contributed by atoms with Crippen molar-refractivity contribution in [1.82, 2.24) is 15.6 Å². The molecule has 0 aliphatic rings. The zero-order chi connectivity index (χ0) is 18.2. The number of benzene rings is 1.